The van der Waals surface area contributed by atoms with Gasteiger partial charge in [-0.2, -0.15) is 11.8 Å². The van der Waals surface area contributed by atoms with E-state index in [-0.39, 0.29) is 0 Å². The highest BCUT2D eigenvalue weighted by Gasteiger charge is 2.29. The van der Waals surface area contributed by atoms with Crippen LogP contribution in [0.15, 0.2) is 0 Å². The maximum absolute atomic E-state index is 5.45. The first-order chi connectivity index (χ1) is 4.83. The molecule has 0 spiro atoms. The van der Waals surface area contributed by atoms with Crippen LogP contribution in [0.3, 0.4) is 0 Å². The molecule has 2 heteroatoms. The summed E-state index contributed by atoms with van der Waals surface area (Å²) in [5, 5.41) is 0. The SMILES string of the molecule is CCC1(CC)COCCS1. The van der Waals surface area contributed by atoms with Crippen molar-refractivity contribution in [2.45, 2.75) is 31.4 Å². The monoisotopic (exact) mass is 160 g/mol. The molecule has 0 radical (unpaired) electrons. The lowest BCUT2D eigenvalue weighted by Crippen LogP contribution is -2.34. The van der Waals surface area contributed by atoms with Gasteiger partial charge in [-0.3, -0.25) is 0 Å². The summed E-state index contributed by atoms with van der Waals surface area (Å²) in [4.78, 5) is 0. The van der Waals surface area contributed by atoms with Crippen LogP contribution in [0.4, 0.5) is 0 Å². The largest absolute Gasteiger partial charge is 0.379 e. The normalized spacial score (nSPS) is 24.6. The predicted octanol–water partition coefficient (Wildman–Crippen LogP) is 2.31. The lowest BCUT2D eigenvalue weighted by Gasteiger charge is -2.34. The third-order valence-corrected chi connectivity index (χ3v) is 3.97. The Morgan fingerprint density at radius 2 is 2.10 bits per heavy atom. The van der Waals surface area contributed by atoms with Gasteiger partial charge in [-0.05, 0) is 12.8 Å². The van der Waals surface area contributed by atoms with E-state index in [1.54, 1.807) is 0 Å². The maximum Gasteiger partial charge on any atom is 0.0613 e. The van der Waals surface area contributed by atoms with Crippen molar-refractivity contribution in [3.8, 4) is 0 Å². The summed E-state index contributed by atoms with van der Waals surface area (Å²) < 4.78 is 5.90. The fourth-order valence-electron chi connectivity index (χ4n) is 1.28. The van der Waals surface area contributed by atoms with E-state index in [1.165, 1.54) is 18.6 Å². The van der Waals surface area contributed by atoms with Crippen LogP contribution in [-0.4, -0.2) is 23.7 Å². The molecule has 0 unspecified atom stereocenters. The topological polar surface area (TPSA) is 9.23 Å². The molecule has 0 bridgehead atoms. The zero-order valence-corrected chi connectivity index (χ0v) is 7.67. The van der Waals surface area contributed by atoms with Crippen molar-refractivity contribution in [1.29, 1.82) is 0 Å². The third kappa shape index (κ3) is 1.67. The summed E-state index contributed by atoms with van der Waals surface area (Å²) in [6, 6.07) is 0. The van der Waals surface area contributed by atoms with Gasteiger partial charge in [-0.15, -0.1) is 0 Å². The first kappa shape index (κ1) is 8.41. The van der Waals surface area contributed by atoms with E-state index in [0.29, 0.717) is 4.75 Å². The molecule has 0 aromatic heterocycles. The summed E-state index contributed by atoms with van der Waals surface area (Å²) in [6.07, 6.45) is 2.49. The molecule has 1 heterocycles. The highest BCUT2D eigenvalue weighted by atomic mass is 32.2. The molecule has 1 aliphatic rings. The lowest BCUT2D eigenvalue weighted by molar-refractivity contribution is 0.112. The van der Waals surface area contributed by atoms with E-state index in [4.69, 9.17) is 4.74 Å². The van der Waals surface area contributed by atoms with Gasteiger partial charge in [0, 0.05) is 10.5 Å². The Kier molecular flexibility index (Phi) is 3.05. The molecule has 0 saturated carbocycles. The van der Waals surface area contributed by atoms with Gasteiger partial charge in [-0.25, -0.2) is 0 Å². The second-order valence-electron chi connectivity index (χ2n) is 2.79. The maximum atomic E-state index is 5.45. The van der Waals surface area contributed by atoms with Crippen molar-refractivity contribution in [3.63, 3.8) is 0 Å². The number of hydrogen-bond donors (Lipinski definition) is 0. The molecule has 0 amide bonds. The Bertz CT molecular complexity index is 91.4. The van der Waals surface area contributed by atoms with Crippen molar-refractivity contribution in [3.05, 3.63) is 0 Å². The predicted molar refractivity (Wildman–Crippen MR) is 46.6 cm³/mol. The van der Waals surface area contributed by atoms with Crippen LogP contribution in [-0.2, 0) is 4.74 Å². The van der Waals surface area contributed by atoms with E-state index < -0.39 is 0 Å². The second kappa shape index (κ2) is 3.63. The molecule has 1 saturated heterocycles. The average Bonchev–Trinajstić information content (AvgIpc) is 2.06. The summed E-state index contributed by atoms with van der Waals surface area (Å²) in [6.45, 7) is 6.42. The second-order valence-corrected chi connectivity index (χ2v) is 4.35. The zero-order chi connectivity index (χ0) is 7.45. The van der Waals surface area contributed by atoms with Crippen LogP contribution in [0.25, 0.3) is 0 Å². The van der Waals surface area contributed by atoms with E-state index >= 15 is 0 Å². The van der Waals surface area contributed by atoms with E-state index in [9.17, 15) is 0 Å². The van der Waals surface area contributed by atoms with Crippen LogP contribution in [0.5, 0.6) is 0 Å². The van der Waals surface area contributed by atoms with Crippen molar-refractivity contribution >= 4 is 11.8 Å². The van der Waals surface area contributed by atoms with Gasteiger partial charge < -0.3 is 4.74 Å². The van der Waals surface area contributed by atoms with Crippen LogP contribution >= 0.6 is 11.8 Å². The molecule has 1 aliphatic heterocycles. The number of thioether (sulfide) groups is 1. The fourth-order valence-corrected chi connectivity index (χ4v) is 2.48. The number of hydrogen-bond acceptors (Lipinski definition) is 2. The zero-order valence-electron chi connectivity index (χ0n) is 6.85. The molecule has 60 valence electrons. The minimum absolute atomic E-state index is 0.457. The van der Waals surface area contributed by atoms with Crippen molar-refractivity contribution in [2.24, 2.45) is 0 Å². The van der Waals surface area contributed by atoms with E-state index in [1.807, 2.05) is 0 Å². The van der Waals surface area contributed by atoms with Gasteiger partial charge in [0.2, 0.25) is 0 Å². The first-order valence-corrected chi connectivity index (χ1v) is 5.03. The lowest BCUT2D eigenvalue weighted by atomic mass is 10.0. The molecule has 1 nitrogen and oxygen atoms in total. The first-order valence-electron chi connectivity index (χ1n) is 4.05. The molecular formula is C8H16OS. The average molecular weight is 160 g/mol. The molecule has 0 atom stereocenters. The van der Waals surface area contributed by atoms with Crippen LogP contribution in [0.1, 0.15) is 26.7 Å². The Labute approximate surface area is 67.5 Å². The number of ether oxygens (including phenoxy) is 1. The van der Waals surface area contributed by atoms with Crippen LogP contribution < -0.4 is 0 Å². The summed E-state index contributed by atoms with van der Waals surface area (Å²) >= 11 is 2.09. The standard InChI is InChI=1S/C8H16OS/c1-3-8(4-2)7-9-5-6-10-8/h3-7H2,1-2H3. The molecule has 0 aromatic carbocycles. The third-order valence-electron chi connectivity index (χ3n) is 2.29. The minimum atomic E-state index is 0.457. The van der Waals surface area contributed by atoms with E-state index in [2.05, 4.69) is 25.6 Å². The Balaban J connectivity index is 2.44. The Morgan fingerprint density at radius 1 is 1.40 bits per heavy atom. The highest BCUT2D eigenvalue weighted by Crippen LogP contribution is 2.35. The highest BCUT2D eigenvalue weighted by molar-refractivity contribution is 8.00. The van der Waals surface area contributed by atoms with Crippen LogP contribution in [0.2, 0.25) is 0 Å². The van der Waals surface area contributed by atoms with Gasteiger partial charge in [0.25, 0.3) is 0 Å². The molecular weight excluding hydrogens is 144 g/mol. The van der Waals surface area contributed by atoms with Gasteiger partial charge in [0.1, 0.15) is 0 Å². The molecule has 10 heavy (non-hydrogen) atoms. The van der Waals surface area contributed by atoms with Gasteiger partial charge in [0.15, 0.2) is 0 Å². The quantitative estimate of drug-likeness (QED) is 0.613. The van der Waals surface area contributed by atoms with Gasteiger partial charge in [-0.1, -0.05) is 13.8 Å². The molecule has 0 aliphatic carbocycles. The van der Waals surface area contributed by atoms with E-state index in [0.717, 1.165) is 13.2 Å². The van der Waals surface area contributed by atoms with Crippen molar-refractivity contribution < 1.29 is 4.74 Å². The summed E-state index contributed by atoms with van der Waals surface area (Å²) in [5.74, 6) is 1.18. The Morgan fingerprint density at radius 3 is 2.40 bits per heavy atom. The van der Waals surface area contributed by atoms with Crippen LogP contribution in [0, 0.1) is 0 Å². The molecule has 0 aromatic rings. The van der Waals surface area contributed by atoms with Gasteiger partial charge in [0.05, 0.1) is 13.2 Å². The van der Waals surface area contributed by atoms with Crippen molar-refractivity contribution in [2.75, 3.05) is 19.0 Å². The fraction of sp³-hybridized carbons (Fsp3) is 1.00. The molecule has 1 fully saturated rings. The van der Waals surface area contributed by atoms with Gasteiger partial charge >= 0.3 is 0 Å². The summed E-state index contributed by atoms with van der Waals surface area (Å²) in [7, 11) is 0. The molecule has 0 N–H and O–H groups in total. The minimum Gasteiger partial charge on any atom is -0.379 e. The van der Waals surface area contributed by atoms with Crippen molar-refractivity contribution in [1.82, 2.24) is 0 Å². The number of rotatable bonds is 2. The summed E-state index contributed by atoms with van der Waals surface area (Å²) in [5.41, 5.74) is 0. The smallest absolute Gasteiger partial charge is 0.0613 e. The Hall–Kier alpha value is 0.310. The molecule has 1 rings (SSSR count).